The van der Waals surface area contributed by atoms with Crippen LogP contribution in [0.5, 0.6) is 0 Å². The molecule has 0 aliphatic carbocycles. The lowest BCUT2D eigenvalue weighted by molar-refractivity contribution is -0.143. The van der Waals surface area contributed by atoms with E-state index in [2.05, 4.69) is 15.1 Å². The first kappa shape index (κ1) is 15.4. The predicted molar refractivity (Wildman–Crippen MR) is 73.3 cm³/mol. The second-order valence-corrected chi connectivity index (χ2v) is 5.32. The van der Waals surface area contributed by atoms with E-state index in [9.17, 15) is 18.0 Å². The molecule has 0 radical (unpaired) electrons. The normalized spacial score (nSPS) is 18.4. The van der Waals surface area contributed by atoms with E-state index in [4.69, 9.17) is 0 Å². The van der Waals surface area contributed by atoms with Crippen LogP contribution in [0.15, 0.2) is 24.7 Å². The van der Waals surface area contributed by atoms with Gasteiger partial charge in [0.1, 0.15) is 5.69 Å². The average molecular weight is 325 g/mol. The third-order valence-electron chi connectivity index (χ3n) is 3.83. The van der Waals surface area contributed by atoms with Crippen LogP contribution in [0.2, 0.25) is 0 Å². The highest BCUT2D eigenvalue weighted by Gasteiger charge is 2.38. The van der Waals surface area contributed by atoms with E-state index >= 15 is 0 Å². The summed E-state index contributed by atoms with van der Waals surface area (Å²) in [6.07, 6.45) is 1.53. The van der Waals surface area contributed by atoms with Gasteiger partial charge in [0.15, 0.2) is 5.69 Å². The molecule has 23 heavy (non-hydrogen) atoms. The maximum atomic E-state index is 12.8. The molecule has 1 amide bonds. The fraction of sp³-hybridized carbons (Fsp3) is 0.429. The molecule has 0 N–H and O–H groups in total. The van der Waals surface area contributed by atoms with Crippen molar-refractivity contribution in [2.45, 2.75) is 25.1 Å². The highest BCUT2D eigenvalue weighted by atomic mass is 19.4. The summed E-state index contributed by atoms with van der Waals surface area (Å²) in [5.41, 5.74) is -0.531. The Labute approximate surface area is 130 Å². The largest absolute Gasteiger partial charge is 0.433 e. The van der Waals surface area contributed by atoms with Crippen molar-refractivity contribution >= 4 is 5.91 Å². The first-order valence-corrected chi connectivity index (χ1v) is 7.06. The van der Waals surface area contributed by atoms with Gasteiger partial charge in [-0.2, -0.15) is 18.3 Å². The van der Waals surface area contributed by atoms with Gasteiger partial charge in [-0.15, -0.1) is 0 Å². The summed E-state index contributed by atoms with van der Waals surface area (Å²) in [7, 11) is 1.17. The number of halogens is 3. The van der Waals surface area contributed by atoms with Gasteiger partial charge in [-0.25, -0.2) is 0 Å². The van der Waals surface area contributed by atoms with Gasteiger partial charge in [0, 0.05) is 32.1 Å². The fourth-order valence-corrected chi connectivity index (χ4v) is 2.78. The van der Waals surface area contributed by atoms with Crippen LogP contribution in [0.4, 0.5) is 13.2 Å². The molecule has 1 atom stereocenters. The summed E-state index contributed by atoms with van der Waals surface area (Å²) in [5.74, 6) is -0.524. The van der Waals surface area contributed by atoms with Gasteiger partial charge in [0.05, 0.1) is 17.9 Å². The van der Waals surface area contributed by atoms with Crippen LogP contribution in [-0.4, -0.2) is 37.1 Å². The SMILES string of the molecule is Cn1nc(C(=O)N2CCCC2c2cnccn2)cc1C(F)(F)F. The van der Waals surface area contributed by atoms with Crippen LogP contribution in [-0.2, 0) is 13.2 Å². The van der Waals surface area contributed by atoms with E-state index in [0.29, 0.717) is 23.3 Å². The van der Waals surface area contributed by atoms with Gasteiger partial charge in [-0.3, -0.25) is 19.4 Å². The maximum Gasteiger partial charge on any atom is 0.433 e. The van der Waals surface area contributed by atoms with Crippen LogP contribution >= 0.6 is 0 Å². The van der Waals surface area contributed by atoms with Crippen molar-refractivity contribution in [1.82, 2.24) is 24.6 Å². The molecule has 6 nitrogen and oxygen atoms in total. The summed E-state index contributed by atoms with van der Waals surface area (Å²) in [6, 6.07) is 0.501. The van der Waals surface area contributed by atoms with Gasteiger partial charge in [0.2, 0.25) is 0 Å². The van der Waals surface area contributed by atoms with Crippen molar-refractivity contribution in [2.24, 2.45) is 7.05 Å². The van der Waals surface area contributed by atoms with E-state index in [1.807, 2.05) is 0 Å². The molecular weight excluding hydrogens is 311 g/mol. The van der Waals surface area contributed by atoms with Gasteiger partial charge in [0.25, 0.3) is 5.91 Å². The van der Waals surface area contributed by atoms with Crippen molar-refractivity contribution in [1.29, 1.82) is 0 Å². The monoisotopic (exact) mass is 325 g/mol. The zero-order valence-electron chi connectivity index (χ0n) is 12.3. The molecule has 1 saturated heterocycles. The molecule has 2 aromatic heterocycles. The molecule has 1 unspecified atom stereocenters. The zero-order chi connectivity index (χ0) is 16.6. The van der Waals surface area contributed by atoms with Gasteiger partial charge in [-0.1, -0.05) is 0 Å². The molecule has 3 rings (SSSR count). The minimum absolute atomic E-state index is 0.212. The Morgan fingerprint density at radius 2 is 2.13 bits per heavy atom. The van der Waals surface area contributed by atoms with Crippen molar-refractivity contribution in [2.75, 3.05) is 6.54 Å². The minimum Gasteiger partial charge on any atom is -0.329 e. The number of likely N-dealkylation sites (tertiary alicyclic amines) is 1. The number of amides is 1. The fourth-order valence-electron chi connectivity index (χ4n) is 2.78. The quantitative estimate of drug-likeness (QED) is 0.849. The van der Waals surface area contributed by atoms with Gasteiger partial charge >= 0.3 is 6.18 Å². The summed E-state index contributed by atoms with van der Waals surface area (Å²) >= 11 is 0. The summed E-state index contributed by atoms with van der Waals surface area (Å²) in [6.45, 7) is 0.456. The number of nitrogens with zero attached hydrogens (tertiary/aromatic N) is 5. The molecule has 1 aliphatic heterocycles. The van der Waals surface area contributed by atoms with E-state index in [0.717, 1.165) is 12.5 Å². The number of carbonyl (C=O) groups is 1. The van der Waals surface area contributed by atoms with E-state index in [1.165, 1.54) is 24.3 Å². The molecule has 1 fully saturated rings. The first-order chi connectivity index (χ1) is 10.9. The average Bonchev–Trinajstić information content (AvgIpc) is 3.13. The van der Waals surface area contributed by atoms with Gasteiger partial charge in [-0.05, 0) is 12.8 Å². The van der Waals surface area contributed by atoms with E-state index in [1.54, 1.807) is 6.20 Å². The number of aryl methyl sites for hydroxylation is 1. The Hall–Kier alpha value is -2.45. The van der Waals surface area contributed by atoms with Crippen molar-refractivity contribution in [3.05, 3.63) is 41.7 Å². The summed E-state index contributed by atoms with van der Waals surface area (Å²) in [5, 5.41) is 3.72. The third kappa shape index (κ3) is 2.90. The van der Waals surface area contributed by atoms with Gasteiger partial charge < -0.3 is 4.90 Å². The second-order valence-electron chi connectivity index (χ2n) is 5.32. The van der Waals surface area contributed by atoms with Crippen LogP contribution in [0.3, 0.4) is 0 Å². The van der Waals surface area contributed by atoms with E-state index in [-0.39, 0.29) is 11.7 Å². The molecule has 0 aromatic carbocycles. The smallest absolute Gasteiger partial charge is 0.329 e. The molecule has 0 saturated carbocycles. The summed E-state index contributed by atoms with van der Waals surface area (Å²) < 4.78 is 39.2. The van der Waals surface area contributed by atoms with Crippen molar-refractivity contribution < 1.29 is 18.0 Å². The molecule has 1 aliphatic rings. The Bertz CT molecular complexity index is 713. The zero-order valence-corrected chi connectivity index (χ0v) is 12.3. The van der Waals surface area contributed by atoms with Crippen LogP contribution < -0.4 is 0 Å². The first-order valence-electron chi connectivity index (χ1n) is 7.06. The predicted octanol–water partition coefficient (Wildman–Crippen LogP) is 2.21. The number of rotatable bonds is 2. The van der Waals surface area contributed by atoms with Crippen molar-refractivity contribution in [3.63, 3.8) is 0 Å². The molecule has 2 aromatic rings. The lowest BCUT2D eigenvalue weighted by atomic mass is 10.1. The topological polar surface area (TPSA) is 63.9 Å². The van der Waals surface area contributed by atoms with Crippen LogP contribution in [0, 0.1) is 0 Å². The highest BCUT2D eigenvalue weighted by Crippen LogP contribution is 2.33. The van der Waals surface area contributed by atoms with E-state index < -0.39 is 17.8 Å². The number of aromatic nitrogens is 4. The number of carbonyl (C=O) groups excluding carboxylic acids is 1. The molecule has 3 heterocycles. The Morgan fingerprint density at radius 3 is 2.74 bits per heavy atom. The van der Waals surface area contributed by atoms with Crippen LogP contribution in [0.25, 0.3) is 0 Å². The Balaban J connectivity index is 1.88. The second kappa shape index (κ2) is 5.64. The molecule has 9 heteroatoms. The lowest BCUT2D eigenvalue weighted by Gasteiger charge is -2.23. The number of hydrogen-bond donors (Lipinski definition) is 0. The minimum atomic E-state index is -4.55. The third-order valence-corrected chi connectivity index (χ3v) is 3.83. The summed E-state index contributed by atoms with van der Waals surface area (Å²) in [4.78, 5) is 22.2. The number of hydrogen-bond acceptors (Lipinski definition) is 4. The Kier molecular flexibility index (Phi) is 3.78. The Morgan fingerprint density at radius 1 is 1.35 bits per heavy atom. The number of alkyl halides is 3. The van der Waals surface area contributed by atoms with Crippen LogP contribution in [0.1, 0.15) is 40.8 Å². The lowest BCUT2D eigenvalue weighted by Crippen LogP contribution is -2.31. The van der Waals surface area contributed by atoms with Crippen molar-refractivity contribution in [3.8, 4) is 0 Å². The molecule has 0 spiro atoms. The highest BCUT2D eigenvalue weighted by molar-refractivity contribution is 5.93. The maximum absolute atomic E-state index is 12.8. The standard InChI is InChI=1S/C14H14F3N5O/c1-21-12(14(15,16)17)7-9(20-21)13(23)22-6-2-3-11(22)10-8-18-4-5-19-10/h4-5,7-8,11H,2-3,6H2,1H3. The molecule has 122 valence electrons. The molecular formula is C14H14F3N5O. The molecule has 0 bridgehead atoms.